The molecule has 2 heterocycles. The topological polar surface area (TPSA) is 24.8 Å². The molecule has 2 fully saturated rings. The number of hydrogen-bond acceptors (Lipinski definition) is 2. The van der Waals surface area contributed by atoms with Crippen molar-refractivity contribution in [2.45, 2.75) is 24.6 Å². The van der Waals surface area contributed by atoms with E-state index < -0.39 is 0 Å². The van der Waals surface area contributed by atoms with Gasteiger partial charge in [-0.2, -0.15) is 0 Å². The number of piperidine rings is 1. The van der Waals surface area contributed by atoms with Gasteiger partial charge in [0.05, 0.1) is 31.9 Å². The quantitative estimate of drug-likeness (QED) is 0.911. The zero-order valence-corrected chi connectivity index (χ0v) is 13.0. The molecule has 0 spiro atoms. The Bertz CT molecular complexity index is 505. The molecule has 0 aliphatic carbocycles. The van der Waals surface area contributed by atoms with Gasteiger partial charge in [-0.25, -0.2) is 4.39 Å². The summed E-state index contributed by atoms with van der Waals surface area (Å²) in [5.41, 5.74) is 0.641. The maximum absolute atomic E-state index is 14.0. The summed E-state index contributed by atoms with van der Waals surface area (Å²) in [4.78, 5) is 15.6. The Hall–Kier alpha value is -1.07. The van der Waals surface area contributed by atoms with E-state index in [9.17, 15) is 9.18 Å². The lowest BCUT2D eigenvalue weighted by Gasteiger charge is -2.28. The Kier molecular flexibility index (Phi) is 4.80. The molecule has 1 aromatic rings. The second-order valence-electron chi connectivity index (χ2n) is 5.83. The van der Waals surface area contributed by atoms with Crippen molar-refractivity contribution in [3.05, 3.63) is 35.6 Å². The summed E-state index contributed by atoms with van der Waals surface area (Å²) in [6.45, 7) is 4.14. The monoisotopic (exact) mass is 309 g/mol. The Balaban J connectivity index is 1.66. The number of carbonyl (C=O) groups is 1. The van der Waals surface area contributed by atoms with Crippen LogP contribution in [0.25, 0.3) is 0 Å². The second kappa shape index (κ2) is 6.79. The normalized spacial score (nSPS) is 23.8. The van der Waals surface area contributed by atoms with Crippen molar-refractivity contribution < 1.29 is 14.1 Å². The minimum atomic E-state index is -0.208. The highest BCUT2D eigenvalue weighted by molar-refractivity contribution is 8.00. The Morgan fingerprint density at radius 1 is 1.24 bits per heavy atom. The molecule has 0 unspecified atom stereocenters. The highest BCUT2D eigenvalue weighted by atomic mass is 32.2. The first kappa shape index (κ1) is 14.9. The maximum atomic E-state index is 14.0. The number of rotatable bonds is 4. The molecule has 5 heteroatoms. The SMILES string of the molecule is O=C1CS[C@H](c2ccccc2F)N1CC[NH+]1CCCCC1. The van der Waals surface area contributed by atoms with Crippen molar-refractivity contribution >= 4 is 17.7 Å². The van der Waals surface area contributed by atoms with E-state index in [1.807, 2.05) is 11.0 Å². The maximum Gasteiger partial charge on any atom is 0.234 e. The molecule has 0 bridgehead atoms. The summed E-state index contributed by atoms with van der Waals surface area (Å²) >= 11 is 1.54. The van der Waals surface area contributed by atoms with Gasteiger partial charge in [-0.15, -0.1) is 11.8 Å². The first-order valence-electron chi connectivity index (χ1n) is 7.75. The van der Waals surface area contributed by atoms with Crippen LogP contribution in [0.1, 0.15) is 30.2 Å². The van der Waals surface area contributed by atoms with E-state index >= 15 is 0 Å². The van der Waals surface area contributed by atoms with Gasteiger partial charge in [-0.1, -0.05) is 18.2 Å². The van der Waals surface area contributed by atoms with Gasteiger partial charge in [0, 0.05) is 5.56 Å². The summed E-state index contributed by atoms with van der Waals surface area (Å²) < 4.78 is 14.0. The summed E-state index contributed by atoms with van der Waals surface area (Å²) in [5.74, 6) is 0.401. The standard InChI is InChI=1S/C16H21FN2OS/c17-14-7-3-2-6-13(14)16-19(15(20)12-21-16)11-10-18-8-4-1-5-9-18/h2-3,6-7,16H,1,4-5,8-12H2/p+1/t16-/m1/s1. The lowest BCUT2D eigenvalue weighted by atomic mass is 10.1. The van der Waals surface area contributed by atoms with Crippen LogP contribution < -0.4 is 4.90 Å². The molecule has 0 saturated carbocycles. The minimum Gasteiger partial charge on any atom is -0.333 e. The van der Waals surface area contributed by atoms with Crippen LogP contribution in [0.5, 0.6) is 0 Å². The Morgan fingerprint density at radius 3 is 2.76 bits per heavy atom. The predicted octanol–water partition coefficient (Wildman–Crippen LogP) is 1.47. The van der Waals surface area contributed by atoms with Crippen molar-refractivity contribution in [2.75, 3.05) is 31.9 Å². The van der Waals surface area contributed by atoms with Crippen LogP contribution in [-0.4, -0.2) is 42.7 Å². The average Bonchev–Trinajstić information content (AvgIpc) is 2.88. The van der Waals surface area contributed by atoms with Crippen LogP contribution in [0.15, 0.2) is 24.3 Å². The van der Waals surface area contributed by atoms with Crippen LogP contribution >= 0.6 is 11.8 Å². The molecule has 2 aliphatic heterocycles. The Morgan fingerprint density at radius 2 is 2.00 bits per heavy atom. The van der Waals surface area contributed by atoms with Gasteiger partial charge in [0.2, 0.25) is 5.91 Å². The van der Waals surface area contributed by atoms with Crippen molar-refractivity contribution in [2.24, 2.45) is 0 Å². The van der Waals surface area contributed by atoms with Gasteiger partial charge in [0.15, 0.2) is 0 Å². The molecule has 3 rings (SSSR count). The number of halogens is 1. The van der Waals surface area contributed by atoms with E-state index in [0.29, 0.717) is 11.3 Å². The van der Waals surface area contributed by atoms with E-state index in [0.717, 1.165) is 13.1 Å². The van der Waals surface area contributed by atoms with Gasteiger partial charge in [-0.3, -0.25) is 4.79 Å². The Labute approximate surface area is 129 Å². The number of carbonyl (C=O) groups excluding carboxylic acids is 1. The van der Waals surface area contributed by atoms with Gasteiger partial charge in [-0.05, 0) is 25.3 Å². The van der Waals surface area contributed by atoms with Gasteiger partial charge in [0.25, 0.3) is 0 Å². The number of nitrogens with zero attached hydrogens (tertiary/aromatic N) is 1. The van der Waals surface area contributed by atoms with Crippen molar-refractivity contribution in [1.29, 1.82) is 0 Å². The van der Waals surface area contributed by atoms with E-state index in [2.05, 4.69) is 0 Å². The first-order chi connectivity index (χ1) is 10.3. The highest BCUT2D eigenvalue weighted by Crippen LogP contribution is 2.39. The van der Waals surface area contributed by atoms with Crippen LogP contribution in [0.4, 0.5) is 4.39 Å². The number of amides is 1. The summed E-state index contributed by atoms with van der Waals surface area (Å²) in [7, 11) is 0. The molecule has 1 amide bonds. The third-order valence-corrected chi connectivity index (χ3v) is 5.64. The first-order valence-corrected chi connectivity index (χ1v) is 8.79. The lowest BCUT2D eigenvalue weighted by molar-refractivity contribution is -0.904. The number of nitrogens with one attached hydrogen (secondary N) is 1. The summed E-state index contributed by atoms with van der Waals surface area (Å²) in [6.07, 6.45) is 3.91. The average molecular weight is 309 g/mol. The van der Waals surface area contributed by atoms with Gasteiger partial charge in [0.1, 0.15) is 11.2 Å². The van der Waals surface area contributed by atoms with Gasteiger partial charge < -0.3 is 9.80 Å². The van der Waals surface area contributed by atoms with Crippen molar-refractivity contribution in [1.82, 2.24) is 4.90 Å². The van der Waals surface area contributed by atoms with E-state index in [1.54, 1.807) is 17.0 Å². The zero-order valence-electron chi connectivity index (χ0n) is 12.2. The van der Waals surface area contributed by atoms with Crippen LogP contribution in [0, 0.1) is 5.82 Å². The van der Waals surface area contributed by atoms with Crippen LogP contribution in [0.3, 0.4) is 0 Å². The molecular weight excluding hydrogens is 287 g/mol. The van der Waals surface area contributed by atoms with Crippen LogP contribution in [0.2, 0.25) is 0 Å². The molecule has 2 aliphatic rings. The molecular formula is C16H22FN2OS+. The smallest absolute Gasteiger partial charge is 0.234 e. The lowest BCUT2D eigenvalue weighted by Crippen LogP contribution is -3.13. The fourth-order valence-electron chi connectivity index (χ4n) is 3.21. The number of hydrogen-bond donors (Lipinski definition) is 1. The third-order valence-electron chi connectivity index (χ3n) is 4.41. The fraction of sp³-hybridized carbons (Fsp3) is 0.562. The minimum absolute atomic E-state index is 0.143. The molecule has 3 nitrogen and oxygen atoms in total. The van der Waals surface area contributed by atoms with Crippen molar-refractivity contribution in [3.63, 3.8) is 0 Å². The van der Waals surface area contributed by atoms with Crippen LogP contribution in [-0.2, 0) is 4.79 Å². The summed E-state index contributed by atoms with van der Waals surface area (Å²) in [6, 6.07) is 6.82. The van der Waals surface area contributed by atoms with Crippen molar-refractivity contribution in [3.8, 4) is 0 Å². The van der Waals surface area contributed by atoms with E-state index in [1.165, 1.54) is 50.2 Å². The zero-order chi connectivity index (χ0) is 14.7. The van der Waals surface area contributed by atoms with Gasteiger partial charge >= 0.3 is 0 Å². The molecule has 1 atom stereocenters. The third kappa shape index (κ3) is 3.40. The van der Waals surface area contributed by atoms with E-state index in [-0.39, 0.29) is 17.1 Å². The molecule has 1 N–H and O–H groups in total. The molecule has 114 valence electrons. The highest BCUT2D eigenvalue weighted by Gasteiger charge is 2.34. The molecule has 0 aromatic heterocycles. The number of likely N-dealkylation sites (tertiary alicyclic amines) is 1. The largest absolute Gasteiger partial charge is 0.333 e. The molecule has 0 radical (unpaired) electrons. The second-order valence-corrected chi connectivity index (χ2v) is 6.90. The summed E-state index contributed by atoms with van der Waals surface area (Å²) in [5, 5.41) is -0.150. The number of quaternary nitrogens is 1. The molecule has 1 aromatic carbocycles. The molecule has 2 saturated heterocycles. The molecule has 21 heavy (non-hydrogen) atoms. The fourth-order valence-corrected chi connectivity index (χ4v) is 4.45. The number of thioether (sulfide) groups is 1. The predicted molar refractivity (Wildman–Crippen MR) is 82.7 cm³/mol. The van der Waals surface area contributed by atoms with E-state index in [4.69, 9.17) is 0 Å². The number of benzene rings is 1.